The Kier molecular flexibility index (Phi) is 10.7. The lowest BCUT2D eigenvalue weighted by Crippen LogP contribution is -2.58. The van der Waals surface area contributed by atoms with Crippen LogP contribution in [-0.2, 0) is 14.4 Å². The minimum absolute atomic E-state index is 0.0269. The molecule has 0 saturated carbocycles. The Morgan fingerprint density at radius 3 is 2.37 bits per heavy atom. The van der Waals surface area contributed by atoms with E-state index in [2.05, 4.69) is 13.2 Å². The molecule has 3 aliphatic heterocycles. The molecule has 3 heterocycles. The summed E-state index contributed by atoms with van der Waals surface area (Å²) in [7, 11) is 0. The molecule has 3 amide bonds. The zero-order valence-electron chi connectivity index (χ0n) is 26.3. The number of amides is 3. The molecule has 1 N–H and O–H groups in total. The van der Waals surface area contributed by atoms with Gasteiger partial charge in [0.25, 0.3) is 0 Å². The average Bonchev–Trinajstić information content (AvgIpc) is 3.61. The number of aliphatic hydroxyl groups is 1. The van der Waals surface area contributed by atoms with Gasteiger partial charge in [0.1, 0.15) is 11.8 Å². The van der Waals surface area contributed by atoms with E-state index in [1.54, 1.807) is 33.7 Å². The van der Waals surface area contributed by atoms with Crippen molar-refractivity contribution in [2.45, 2.75) is 87.8 Å². The molecular weight excluding hydrogens is 562 g/mol. The van der Waals surface area contributed by atoms with Gasteiger partial charge in [-0.05, 0) is 77.6 Å². The van der Waals surface area contributed by atoms with Crippen LogP contribution in [0.3, 0.4) is 0 Å². The number of hydrogen-bond donors (Lipinski definition) is 1. The van der Waals surface area contributed by atoms with Crippen LogP contribution in [0.2, 0.25) is 0 Å². The summed E-state index contributed by atoms with van der Waals surface area (Å²) in [4.78, 5) is 48.8. The Balaban J connectivity index is 1.70. The molecule has 9 heteroatoms. The molecule has 3 fully saturated rings. The maximum Gasteiger partial charge on any atom is 0.247 e. The Hall–Kier alpha value is -2.78. The van der Waals surface area contributed by atoms with E-state index in [0.29, 0.717) is 26.2 Å². The number of thioether (sulfide) groups is 1. The summed E-state index contributed by atoms with van der Waals surface area (Å²) >= 11 is 1.70. The number of likely N-dealkylation sites (tertiary alicyclic amines) is 1. The van der Waals surface area contributed by atoms with Gasteiger partial charge >= 0.3 is 0 Å². The van der Waals surface area contributed by atoms with Crippen molar-refractivity contribution < 1.29 is 24.2 Å². The molecule has 4 rings (SSSR count). The first-order valence-corrected chi connectivity index (χ1v) is 16.6. The third-order valence-electron chi connectivity index (χ3n) is 9.05. The van der Waals surface area contributed by atoms with Gasteiger partial charge in [0.05, 0.1) is 23.2 Å². The van der Waals surface area contributed by atoms with Gasteiger partial charge in [0, 0.05) is 42.7 Å². The molecule has 236 valence electrons. The molecule has 2 bridgehead atoms. The fraction of sp³-hybridized carbons (Fsp3) is 0.618. The molecule has 3 saturated heterocycles. The number of hydrogen-bond acceptors (Lipinski definition) is 6. The highest BCUT2D eigenvalue weighted by atomic mass is 32.2. The second-order valence-corrected chi connectivity index (χ2v) is 14.4. The Labute approximate surface area is 261 Å². The van der Waals surface area contributed by atoms with Crippen molar-refractivity contribution in [2.24, 2.45) is 11.8 Å². The van der Waals surface area contributed by atoms with Crippen LogP contribution in [-0.4, -0.2) is 87.1 Å². The fourth-order valence-electron chi connectivity index (χ4n) is 7.19. The topological polar surface area (TPSA) is 90.4 Å². The lowest BCUT2D eigenvalue weighted by atomic mass is 9.70. The molecular formula is C34H49N3O5S. The Bertz CT molecular complexity index is 1180. The first kappa shape index (κ1) is 33.1. The van der Waals surface area contributed by atoms with E-state index >= 15 is 0 Å². The number of benzene rings is 1. The van der Waals surface area contributed by atoms with Gasteiger partial charge in [-0.15, -0.1) is 24.9 Å². The van der Waals surface area contributed by atoms with Crippen molar-refractivity contribution in [3.63, 3.8) is 0 Å². The number of fused-ring (bicyclic) bond motifs is 1. The summed E-state index contributed by atoms with van der Waals surface area (Å²) in [5.74, 6) is -0.570. The maximum atomic E-state index is 14.5. The van der Waals surface area contributed by atoms with E-state index in [-0.39, 0.29) is 29.6 Å². The van der Waals surface area contributed by atoms with E-state index in [0.717, 1.165) is 50.0 Å². The third kappa shape index (κ3) is 6.39. The van der Waals surface area contributed by atoms with Crippen LogP contribution in [0.1, 0.15) is 66.2 Å². The minimum Gasteiger partial charge on any atom is -0.494 e. The summed E-state index contributed by atoms with van der Waals surface area (Å²) in [6.07, 6.45) is 8.17. The van der Waals surface area contributed by atoms with Gasteiger partial charge in [0.2, 0.25) is 17.7 Å². The lowest BCUT2D eigenvalue weighted by molar-refractivity contribution is -0.145. The van der Waals surface area contributed by atoms with Gasteiger partial charge in [-0.2, -0.15) is 0 Å². The number of carbonyl (C=O) groups excluding carboxylic acids is 3. The largest absolute Gasteiger partial charge is 0.494 e. The number of aliphatic hydroxyl groups excluding tert-OH is 1. The van der Waals surface area contributed by atoms with Crippen molar-refractivity contribution in [3.8, 4) is 5.75 Å². The number of nitrogens with zero attached hydrogens (tertiary/aromatic N) is 3. The monoisotopic (exact) mass is 611 g/mol. The molecule has 1 aromatic rings. The van der Waals surface area contributed by atoms with Crippen LogP contribution in [0.5, 0.6) is 5.75 Å². The van der Waals surface area contributed by atoms with Crippen LogP contribution in [0, 0.1) is 11.8 Å². The average molecular weight is 612 g/mol. The molecule has 5 atom stereocenters. The molecule has 0 aliphatic carbocycles. The second-order valence-electron chi connectivity index (χ2n) is 12.8. The zero-order chi connectivity index (χ0) is 31.4. The normalized spacial score (nSPS) is 25.9. The number of carbonyl (C=O) groups is 3. The number of unbranched alkanes of at least 4 members (excludes halogenated alkanes) is 3. The third-order valence-corrected chi connectivity index (χ3v) is 11.0. The highest BCUT2D eigenvalue weighted by molar-refractivity contribution is 8.02. The predicted molar refractivity (Wildman–Crippen MR) is 173 cm³/mol. The highest BCUT2D eigenvalue weighted by Gasteiger charge is 2.74. The second kappa shape index (κ2) is 13.9. The summed E-state index contributed by atoms with van der Waals surface area (Å²) in [6, 6.07) is 6.83. The SMILES string of the molecule is C=CCN(C(=O)[C@@H]1[C@H]2C(=O)N(CCCCCCO)C(C(=O)N(CC=C)C(C)(C)C)C23CC[C@H]1S3)c1ccc(OCC)cc1. The Morgan fingerprint density at radius 1 is 1.09 bits per heavy atom. The van der Waals surface area contributed by atoms with Crippen molar-refractivity contribution in [1.29, 1.82) is 0 Å². The van der Waals surface area contributed by atoms with Crippen molar-refractivity contribution >= 4 is 35.2 Å². The van der Waals surface area contributed by atoms with Crippen LogP contribution in [0.15, 0.2) is 49.6 Å². The van der Waals surface area contributed by atoms with Gasteiger partial charge in [-0.3, -0.25) is 14.4 Å². The summed E-state index contributed by atoms with van der Waals surface area (Å²) in [6.45, 7) is 17.6. The predicted octanol–water partition coefficient (Wildman–Crippen LogP) is 5.06. The fourth-order valence-corrected chi connectivity index (χ4v) is 9.40. The molecule has 43 heavy (non-hydrogen) atoms. The van der Waals surface area contributed by atoms with Crippen LogP contribution in [0.4, 0.5) is 5.69 Å². The summed E-state index contributed by atoms with van der Waals surface area (Å²) < 4.78 is 4.95. The van der Waals surface area contributed by atoms with E-state index < -0.39 is 28.2 Å². The number of ether oxygens (including phenoxy) is 1. The molecule has 3 aliphatic rings. The number of rotatable bonds is 15. The van der Waals surface area contributed by atoms with Crippen molar-refractivity contribution in [3.05, 3.63) is 49.6 Å². The maximum absolute atomic E-state index is 14.5. The zero-order valence-corrected chi connectivity index (χ0v) is 27.1. The summed E-state index contributed by atoms with van der Waals surface area (Å²) in [5, 5.41) is 9.18. The van der Waals surface area contributed by atoms with Crippen LogP contribution >= 0.6 is 11.8 Å². The standard InChI is InChI=1S/C34H49N3O5S/c1-7-20-35(24-14-16-25(17-15-24)42-9-3)30(39)27-26-18-19-34(43-26)28(27)31(40)36(22-12-10-11-13-23-38)29(34)32(41)37(21-8-2)33(4,5)6/h7-8,14-17,26-29,38H,1-2,9-13,18-23H2,3-6H3/t26-,27+,28+,29?,34?/m1/s1. The van der Waals surface area contributed by atoms with Crippen LogP contribution in [0.25, 0.3) is 0 Å². The lowest BCUT2D eigenvalue weighted by Gasteiger charge is -2.42. The minimum atomic E-state index is -0.645. The van der Waals surface area contributed by atoms with E-state index in [1.807, 2.05) is 56.9 Å². The van der Waals surface area contributed by atoms with E-state index in [9.17, 15) is 19.5 Å². The Morgan fingerprint density at radius 2 is 1.77 bits per heavy atom. The van der Waals surface area contributed by atoms with E-state index in [1.165, 1.54) is 0 Å². The van der Waals surface area contributed by atoms with Gasteiger partial charge in [-0.1, -0.05) is 25.0 Å². The molecule has 2 unspecified atom stereocenters. The molecule has 0 radical (unpaired) electrons. The van der Waals surface area contributed by atoms with Crippen molar-refractivity contribution in [2.75, 3.05) is 37.7 Å². The van der Waals surface area contributed by atoms with Gasteiger partial charge in [0.15, 0.2) is 0 Å². The van der Waals surface area contributed by atoms with E-state index in [4.69, 9.17) is 4.74 Å². The number of anilines is 1. The first-order valence-electron chi connectivity index (χ1n) is 15.7. The molecule has 1 spiro atoms. The molecule has 1 aromatic carbocycles. The van der Waals surface area contributed by atoms with Crippen molar-refractivity contribution in [1.82, 2.24) is 9.80 Å². The smallest absolute Gasteiger partial charge is 0.247 e. The summed E-state index contributed by atoms with van der Waals surface area (Å²) in [5.41, 5.74) is 0.277. The molecule has 8 nitrogen and oxygen atoms in total. The highest BCUT2D eigenvalue weighted by Crippen LogP contribution is 2.67. The first-order chi connectivity index (χ1) is 20.5. The van der Waals surface area contributed by atoms with Gasteiger partial charge in [-0.25, -0.2) is 0 Å². The quantitative estimate of drug-likeness (QED) is 0.220. The molecule has 0 aromatic heterocycles. The van der Waals surface area contributed by atoms with Crippen LogP contribution < -0.4 is 9.64 Å². The van der Waals surface area contributed by atoms with Gasteiger partial charge < -0.3 is 24.5 Å².